The molecular formula is C7H12LiNO2. The van der Waals surface area contributed by atoms with E-state index in [-0.39, 0.29) is 23.8 Å². The fourth-order valence-electron chi connectivity index (χ4n) is 1.32. The summed E-state index contributed by atoms with van der Waals surface area (Å²) in [6.45, 7) is 0. The van der Waals surface area contributed by atoms with E-state index >= 15 is 0 Å². The summed E-state index contributed by atoms with van der Waals surface area (Å²) >= 11 is 0. The minimum atomic E-state index is -0.203. The summed E-state index contributed by atoms with van der Waals surface area (Å²) in [7, 11) is 0. The van der Waals surface area contributed by atoms with Crippen molar-refractivity contribution >= 4 is 0 Å². The molecule has 1 fully saturated rings. The zero-order valence-corrected chi connectivity index (χ0v) is 7.01. The molecule has 11 heavy (non-hydrogen) atoms. The van der Waals surface area contributed by atoms with Gasteiger partial charge in [-0.05, 0) is 6.04 Å². The van der Waals surface area contributed by atoms with Crippen molar-refractivity contribution < 1.29 is 23.8 Å². The van der Waals surface area contributed by atoms with E-state index in [4.69, 9.17) is 0 Å². The van der Waals surface area contributed by atoms with Crippen LogP contribution in [0.1, 0.15) is 38.5 Å². The van der Waals surface area contributed by atoms with Gasteiger partial charge in [0.15, 0.2) is 0 Å². The van der Waals surface area contributed by atoms with Gasteiger partial charge < -0.3 is 0 Å². The van der Waals surface area contributed by atoms with Crippen LogP contribution in [0.3, 0.4) is 0 Å². The molecule has 0 heterocycles. The molecule has 3 nitrogen and oxygen atoms in total. The Kier molecular flexibility index (Phi) is 5.44. The fourth-order valence-corrected chi connectivity index (χ4v) is 1.32. The van der Waals surface area contributed by atoms with Crippen LogP contribution in [0.15, 0.2) is 0 Å². The van der Waals surface area contributed by atoms with Crippen molar-refractivity contribution in [3.63, 3.8) is 0 Å². The molecule has 1 aliphatic rings. The smallest absolute Gasteiger partial charge is 0.295 e. The van der Waals surface area contributed by atoms with Gasteiger partial charge in [0.25, 0.3) is 0 Å². The normalized spacial score (nSPS) is 18.4. The van der Waals surface area contributed by atoms with Crippen molar-refractivity contribution in [1.82, 2.24) is 0 Å². The van der Waals surface area contributed by atoms with Crippen LogP contribution < -0.4 is 18.9 Å². The second kappa shape index (κ2) is 5.51. The van der Waals surface area contributed by atoms with E-state index in [0.717, 1.165) is 25.7 Å². The molecule has 0 saturated heterocycles. The predicted octanol–water partition coefficient (Wildman–Crippen LogP) is -0.847. The Morgan fingerprint density at radius 1 is 1.09 bits per heavy atom. The average Bonchev–Trinajstić information content (AvgIpc) is 2.12. The Bertz CT molecular complexity index is 122. The molecule has 0 radical (unpaired) electrons. The van der Waals surface area contributed by atoms with Gasteiger partial charge >= 0.3 is 18.9 Å². The van der Waals surface area contributed by atoms with Crippen molar-refractivity contribution in [3.8, 4) is 0 Å². The van der Waals surface area contributed by atoms with Crippen molar-refractivity contribution in [2.75, 3.05) is 0 Å². The second-order valence-electron chi connectivity index (χ2n) is 2.74. The van der Waals surface area contributed by atoms with Gasteiger partial charge in [-0.1, -0.05) is 25.7 Å². The van der Waals surface area contributed by atoms with Gasteiger partial charge in [0.05, 0.1) is 0 Å². The van der Waals surface area contributed by atoms with Crippen LogP contribution in [0.2, 0.25) is 0 Å². The molecule has 58 valence electrons. The summed E-state index contributed by atoms with van der Waals surface area (Å²) in [5, 5.41) is 10.3. The van der Waals surface area contributed by atoms with E-state index in [2.05, 4.69) is 0 Å². The minimum absolute atomic E-state index is 0. The Balaban J connectivity index is 0.000001000. The van der Waals surface area contributed by atoms with Crippen LogP contribution in [-0.2, 0) is 0 Å². The Morgan fingerprint density at radius 3 is 1.91 bits per heavy atom. The van der Waals surface area contributed by atoms with Gasteiger partial charge in [-0.25, -0.2) is 0 Å². The maximum atomic E-state index is 10.3. The fraction of sp³-hybridized carbons (Fsp3) is 0.857. The molecule has 0 atom stereocenters. The zero-order valence-electron chi connectivity index (χ0n) is 7.01. The zero-order chi connectivity index (χ0) is 7.40. The third kappa shape index (κ3) is 3.69. The Morgan fingerprint density at radius 2 is 1.55 bits per heavy atom. The molecular weight excluding hydrogens is 137 g/mol. The molecule has 1 saturated carbocycles. The quantitative estimate of drug-likeness (QED) is 0.160. The van der Waals surface area contributed by atoms with Crippen molar-refractivity contribution in [1.29, 1.82) is 0 Å². The van der Waals surface area contributed by atoms with Gasteiger partial charge in [-0.2, -0.15) is 0 Å². The maximum absolute atomic E-state index is 10.3. The molecule has 4 heteroatoms. The van der Waals surface area contributed by atoms with Crippen molar-refractivity contribution in [3.05, 3.63) is 16.2 Å². The van der Waals surface area contributed by atoms with E-state index in [1.165, 1.54) is 0 Å². The van der Waals surface area contributed by atoms with Crippen LogP contribution in [-0.4, -0.2) is 4.92 Å². The Labute approximate surface area is 78.9 Å². The molecule has 0 spiro atoms. The van der Waals surface area contributed by atoms with Gasteiger partial charge in [0.2, 0.25) is 0 Å². The standard InChI is InChI=1S/C7H12NO2.Li/c9-8(10)7-5-3-1-2-4-6-7;/h1-6H2;/q-1;+1. The topological polar surface area (TPSA) is 43.1 Å². The molecule has 0 amide bonds. The van der Waals surface area contributed by atoms with Gasteiger partial charge in [-0.15, -0.1) is 17.8 Å². The van der Waals surface area contributed by atoms with Crippen molar-refractivity contribution in [2.45, 2.75) is 38.5 Å². The first kappa shape index (κ1) is 10.9. The molecule has 0 unspecified atom stereocenters. The number of hydrogen-bond acceptors (Lipinski definition) is 2. The van der Waals surface area contributed by atoms with Crippen LogP contribution >= 0.6 is 0 Å². The van der Waals surface area contributed by atoms with Crippen molar-refractivity contribution in [2.24, 2.45) is 0 Å². The molecule has 0 N–H and O–H groups in total. The third-order valence-electron chi connectivity index (χ3n) is 1.94. The van der Waals surface area contributed by atoms with Crippen LogP contribution in [0.25, 0.3) is 0 Å². The van der Waals surface area contributed by atoms with Crippen LogP contribution in [0, 0.1) is 16.2 Å². The summed E-state index contributed by atoms with van der Waals surface area (Å²) in [6, 6.07) is 0.539. The predicted molar refractivity (Wildman–Crippen MR) is 37.9 cm³/mol. The summed E-state index contributed by atoms with van der Waals surface area (Å²) < 4.78 is 0. The number of rotatable bonds is 1. The summed E-state index contributed by atoms with van der Waals surface area (Å²) in [5.74, 6) is 0. The van der Waals surface area contributed by atoms with E-state index in [0.29, 0.717) is 18.9 Å². The van der Waals surface area contributed by atoms with Gasteiger partial charge in [0.1, 0.15) is 0 Å². The third-order valence-corrected chi connectivity index (χ3v) is 1.94. The molecule has 0 aromatic heterocycles. The largest absolute Gasteiger partial charge is 1.00 e. The minimum Gasteiger partial charge on any atom is -0.295 e. The summed E-state index contributed by atoms with van der Waals surface area (Å²) in [6.07, 6.45) is 5.78. The van der Waals surface area contributed by atoms with E-state index in [1.807, 2.05) is 0 Å². The Hall–Kier alpha value is -0.133. The molecule has 0 bridgehead atoms. The van der Waals surface area contributed by atoms with E-state index in [1.54, 1.807) is 0 Å². The summed E-state index contributed by atoms with van der Waals surface area (Å²) in [4.78, 5) is 10.1. The number of hydrogen-bond donors (Lipinski definition) is 0. The van der Waals surface area contributed by atoms with E-state index in [9.17, 15) is 10.1 Å². The number of nitrogens with zero attached hydrogens (tertiary/aromatic N) is 1. The van der Waals surface area contributed by atoms with Crippen LogP contribution in [0.4, 0.5) is 0 Å². The van der Waals surface area contributed by atoms with Gasteiger partial charge in [0, 0.05) is 0 Å². The summed E-state index contributed by atoms with van der Waals surface area (Å²) in [5.41, 5.74) is 0. The molecule has 1 aliphatic carbocycles. The first-order chi connectivity index (χ1) is 4.80. The first-order valence-corrected chi connectivity index (χ1v) is 3.80. The molecule has 0 aromatic rings. The molecule has 1 rings (SSSR count). The van der Waals surface area contributed by atoms with Crippen LogP contribution in [0.5, 0.6) is 0 Å². The monoisotopic (exact) mass is 149 g/mol. The maximum Gasteiger partial charge on any atom is 1.00 e. The number of nitro groups is 1. The molecule has 0 aromatic carbocycles. The SMILES string of the molecule is O=[N+]([O-])[C-]1CCCCCC1.[Li+]. The second-order valence-corrected chi connectivity index (χ2v) is 2.74. The van der Waals surface area contributed by atoms with E-state index < -0.39 is 0 Å². The first-order valence-electron chi connectivity index (χ1n) is 3.80. The average molecular weight is 149 g/mol. The molecule has 0 aliphatic heterocycles. The van der Waals surface area contributed by atoms with Gasteiger partial charge in [-0.3, -0.25) is 10.1 Å².